The van der Waals surface area contributed by atoms with Crippen LogP contribution in [-0.4, -0.2) is 18.1 Å². The Bertz CT molecular complexity index is 527. The number of halogens is 2. The van der Waals surface area contributed by atoms with Crippen LogP contribution in [0.25, 0.3) is 0 Å². The van der Waals surface area contributed by atoms with Crippen molar-refractivity contribution in [3.05, 3.63) is 29.3 Å². The van der Waals surface area contributed by atoms with Crippen LogP contribution in [0.15, 0.2) is 18.2 Å². The average Bonchev–Trinajstić information content (AvgIpc) is 2.91. The van der Waals surface area contributed by atoms with Crippen LogP contribution >= 0.6 is 0 Å². The van der Waals surface area contributed by atoms with Crippen molar-refractivity contribution in [3.63, 3.8) is 0 Å². The molecule has 2 aliphatic rings. The zero-order chi connectivity index (χ0) is 13.9. The van der Waals surface area contributed by atoms with Gasteiger partial charge in [-0.25, -0.2) is 8.78 Å². The largest absolute Gasteiger partial charge is 0.488 e. The molecule has 2 N–H and O–H groups in total. The SMILES string of the molecule is CC1(C)CCc2cc(C3(CN)CC3(F)F)ccc2O1. The van der Waals surface area contributed by atoms with E-state index in [1.165, 1.54) is 0 Å². The van der Waals surface area contributed by atoms with Crippen LogP contribution in [0.1, 0.15) is 37.8 Å². The van der Waals surface area contributed by atoms with Crippen molar-refractivity contribution in [2.24, 2.45) is 5.73 Å². The summed E-state index contributed by atoms with van der Waals surface area (Å²) in [6.07, 6.45) is 1.62. The molecule has 104 valence electrons. The van der Waals surface area contributed by atoms with Crippen molar-refractivity contribution in [2.45, 2.75) is 50.0 Å². The van der Waals surface area contributed by atoms with Crippen LogP contribution in [0.3, 0.4) is 0 Å². The van der Waals surface area contributed by atoms with E-state index in [-0.39, 0.29) is 18.6 Å². The molecular formula is C15H19F2NO. The Balaban J connectivity index is 1.96. The molecule has 1 atom stereocenters. The van der Waals surface area contributed by atoms with Gasteiger partial charge in [0.25, 0.3) is 5.92 Å². The third-order valence-corrected chi connectivity index (χ3v) is 4.44. The Kier molecular flexibility index (Phi) is 2.50. The van der Waals surface area contributed by atoms with Gasteiger partial charge in [-0.3, -0.25) is 0 Å². The highest BCUT2D eigenvalue weighted by Gasteiger charge is 2.71. The monoisotopic (exact) mass is 267 g/mol. The van der Waals surface area contributed by atoms with Gasteiger partial charge >= 0.3 is 0 Å². The number of fused-ring (bicyclic) bond motifs is 1. The fraction of sp³-hybridized carbons (Fsp3) is 0.600. The highest BCUT2D eigenvalue weighted by atomic mass is 19.3. The van der Waals surface area contributed by atoms with Crippen LogP contribution in [-0.2, 0) is 11.8 Å². The van der Waals surface area contributed by atoms with Crippen molar-refractivity contribution in [3.8, 4) is 5.75 Å². The Morgan fingerprint density at radius 3 is 2.58 bits per heavy atom. The molecule has 1 fully saturated rings. The fourth-order valence-corrected chi connectivity index (χ4v) is 2.94. The van der Waals surface area contributed by atoms with Crippen molar-refractivity contribution in [1.29, 1.82) is 0 Å². The topological polar surface area (TPSA) is 35.2 Å². The number of hydrogen-bond acceptors (Lipinski definition) is 2. The summed E-state index contributed by atoms with van der Waals surface area (Å²) in [5.74, 6) is -1.85. The number of benzene rings is 1. The maximum atomic E-state index is 13.6. The van der Waals surface area contributed by atoms with Crippen LogP contribution in [0.5, 0.6) is 5.75 Å². The number of nitrogens with two attached hydrogens (primary N) is 1. The number of hydrogen-bond donors (Lipinski definition) is 1. The molecule has 1 aromatic carbocycles. The first-order chi connectivity index (χ1) is 8.80. The predicted octanol–water partition coefficient (Wildman–Crippen LogP) is 3.03. The second-order valence-corrected chi connectivity index (χ2v) is 6.35. The summed E-state index contributed by atoms with van der Waals surface area (Å²) in [5.41, 5.74) is 5.94. The van der Waals surface area contributed by atoms with Gasteiger partial charge in [0.1, 0.15) is 11.4 Å². The van der Waals surface area contributed by atoms with Crippen molar-refractivity contribution in [1.82, 2.24) is 0 Å². The molecule has 0 aromatic heterocycles. The zero-order valence-corrected chi connectivity index (χ0v) is 11.3. The molecule has 2 nitrogen and oxygen atoms in total. The summed E-state index contributed by atoms with van der Waals surface area (Å²) in [5, 5.41) is 0. The first-order valence-corrected chi connectivity index (χ1v) is 6.70. The molecule has 19 heavy (non-hydrogen) atoms. The Morgan fingerprint density at radius 1 is 1.32 bits per heavy atom. The quantitative estimate of drug-likeness (QED) is 0.894. The Hall–Kier alpha value is -1.16. The van der Waals surface area contributed by atoms with E-state index in [0.717, 1.165) is 24.2 Å². The molecule has 0 saturated heterocycles. The smallest absolute Gasteiger partial charge is 0.260 e. The lowest BCUT2D eigenvalue weighted by molar-refractivity contribution is 0.0830. The molecule has 3 rings (SSSR count). The maximum Gasteiger partial charge on any atom is 0.260 e. The predicted molar refractivity (Wildman–Crippen MR) is 69.8 cm³/mol. The summed E-state index contributed by atoms with van der Waals surface area (Å²) in [4.78, 5) is 0. The maximum absolute atomic E-state index is 13.6. The van der Waals surface area contributed by atoms with E-state index in [1.54, 1.807) is 6.07 Å². The molecule has 0 bridgehead atoms. The molecule has 1 aliphatic heterocycles. The minimum absolute atomic E-state index is 0.00879. The molecule has 0 amide bonds. The van der Waals surface area contributed by atoms with E-state index < -0.39 is 11.3 Å². The van der Waals surface area contributed by atoms with Gasteiger partial charge < -0.3 is 10.5 Å². The van der Waals surface area contributed by atoms with Gasteiger partial charge in [-0.15, -0.1) is 0 Å². The highest BCUT2D eigenvalue weighted by Crippen LogP contribution is 2.61. The van der Waals surface area contributed by atoms with Crippen LogP contribution < -0.4 is 10.5 Å². The summed E-state index contributed by atoms with van der Waals surface area (Å²) in [7, 11) is 0. The third-order valence-electron chi connectivity index (χ3n) is 4.44. The molecule has 1 unspecified atom stereocenters. The Labute approximate surface area is 111 Å². The number of alkyl halides is 2. The summed E-state index contributed by atoms with van der Waals surface area (Å²) in [6, 6.07) is 5.42. The number of rotatable bonds is 2. The molecule has 1 aromatic rings. The Morgan fingerprint density at radius 2 is 2.00 bits per heavy atom. The number of aryl methyl sites for hydroxylation is 1. The molecule has 1 aliphatic carbocycles. The fourth-order valence-electron chi connectivity index (χ4n) is 2.94. The average molecular weight is 267 g/mol. The first kappa shape index (κ1) is 12.9. The summed E-state index contributed by atoms with van der Waals surface area (Å²) in [6.45, 7) is 4.08. The van der Waals surface area contributed by atoms with Gasteiger partial charge in [-0.05, 0) is 43.9 Å². The second kappa shape index (κ2) is 3.69. The van der Waals surface area contributed by atoms with Gasteiger partial charge in [0, 0.05) is 13.0 Å². The molecule has 0 radical (unpaired) electrons. The molecular weight excluding hydrogens is 248 g/mol. The van der Waals surface area contributed by atoms with Crippen molar-refractivity contribution in [2.75, 3.05) is 6.54 Å². The zero-order valence-electron chi connectivity index (χ0n) is 11.3. The molecule has 4 heteroatoms. The van der Waals surface area contributed by atoms with E-state index in [4.69, 9.17) is 10.5 Å². The van der Waals surface area contributed by atoms with Gasteiger partial charge in [0.2, 0.25) is 0 Å². The standard InChI is InChI=1S/C15H19F2NO/c1-13(2)6-5-10-7-11(3-4-12(10)19-13)14(9-18)8-15(14,16)17/h3-4,7H,5-6,8-9,18H2,1-2H3. The minimum Gasteiger partial charge on any atom is -0.488 e. The van der Waals surface area contributed by atoms with Gasteiger partial charge in [-0.2, -0.15) is 0 Å². The second-order valence-electron chi connectivity index (χ2n) is 6.35. The van der Waals surface area contributed by atoms with Crippen molar-refractivity contribution < 1.29 is 13.5 Å². The van der Waals surface area contributed by atoms with E-state index in [1.807, 2.05) is 26.0 Å². The molecule has 1 heterocycles. The van der Waals surface area contributed by atoms with E-state index in [2.05, 4.69) is 0 Å². The minimum atomic E-state index is -2.66. The van der Waals surface area contributed by atoms with Crippen LogP contribution in [0.2, 0.25) is 0 Å². The lowest BCUT2D eigenvalue weighted by atomic mass is 9.89. The van der Waals surface area contributed by atoms with Gasteiger partial charge in [0.15, 0.2) is 0 Å². The lowest BCUT2D eigenvalue weighted by Crippen LogP contribution is -2.33. The van der Waals surface area contributed by atoms with Gasteiger partial charge in [0.05, 0.1) is 5.41 Å². The normalized spacial score (nSPS) is 30.4. The van der Waals surface area contributed by atoms with Crippen molar-refractivity contribution >= 4 is 0 Å². The van der Waals surface area contributed by atoms with E-state index in [0.29, 0.717) is 5.56 Å². The number of ether oxygens (including phenoxy) is 1. The first-order valence-electron chi connectivity index (χ1n) is 6.70. The highest BCUT2D eigenvalue weighted by molar-refractivity contribution is 5.46. The van der Waals surface area contributed by atoms with E-state index in [9.17, 15) is 8.78 Å². The molecule has 1 saturated carbocycles. The van der Waals surface area contributed by atoms with Crippen LogP contribution in [0.4, 0.5) is 8.78 Å². The van der Waals surface area contributed by atoms with Crippen LogP contribution in [0, 0.1) is 0 Å². The van der Waals surface area contributed by atoms with E-state index >= 15 is 0 Å². The molecule has 0 spiro atoms. The summed E-state index contributed by atoms with van der Waals surface area (Å²) >= 11 is 0. The lowest BCUT2D eigenvalue weighted by Gasteiger charge is -2.33. The van der Waals surface area contributed by atoms with Gasteiger partial charge in [-0.1, -0.05) is 12.1 Å². The third kappa shape index (κ3) is 1.84. The summed E-state index contributed by atoms with van der Waals surface area (Å²) < 4.78 is 33.0.